The molecule has 1 aliphatic heterocycles. The number of nitrogens with zero attached hydrogens (tertiary/aromatic N) is 1. The zero-order valence-electron chi connectivity index (χ0n) is 6.32. The molecule has 1 atom stereocenters. The van der Waals surface area contributed by atoms with Gasteiger partial charge >= 0.3 is 6.09 Å². The van der Waals surface area contributed by atoms with Crippen molar-refractivity contribution in [2.45, 2.75) is 12.5 Å². The summed E-state index contributed by atoms with van der Waals surface area (Å²) >= 11 is 0. The van der Waals surface area contributed by atoms with Crippen molar-refractivity contribution in [1.29, 1.82) is 0 Å². The highest BCUT2D eigenvalue weighted by Gasteiger charge is 2.35. The lowest BCUT2D eigenvalue weighted by molar-refractivity contribution is 0.0857. The molecule has 4 heteroatoms. The first-order chi connectivity index (χ1) is 5.10. The molecule has 1 amide bonds. The zero-order chi connectivity index (χ0) is 8.48. The summed E-state index contributed by atoms with van der Waals surface area (Å²) in [6.45, 7) is 1.88. The van der Waals surface area contributed by atoms with Gasteiger partial charge in [0.15, 0.2) is 0 Å². The Morgan fingerprint density at radius 2 is 2.45 bits per heavy atom. The molecule has 0 aromatic rings. The molecule has 0 fully saturated rings. The molecule has 1 rings (SSSR count). The van der Waals surface area contributed by atoms with E-state index < -0.39 is 11.6 Å². The quantitative estimate of drug-likeness (QED) is 0.538. The van der Waals surface area contributed by atoms with Crippen LogP contribution in [0.1, 0.15) is 6.92 Å². The van der Waals surface area contributed by atoms with Gasteiger partial charge in [0, 0.05) is 6.54 Å². The first-order valence-electron chi connectivity index (χ1n) is 3.39. The minimum Gasteiger partial charge on any atom is -0.465 e. The average Bonchev–Trinajstić information content (AvgIpc) is 2.32. The van der Waals surface area contributed by atoms with Crippen LogP contribution in [0.5, 0.6) is 0 Å². The van der Waals surface area contributed by atoms with Crippen LogP contribution in [-0.2, 0) is 0 Å². The summed E-state index contributed by atoms with van der Waals surface area (Å²) < 4.78 is 0. The summed E-state index contributed by atoms with van der Waals surface area (Å²) in [4.78, 5) is 11.8. The maximum atomic E-state index is 10.6. The number of aliphatic hydroxyl groups excluding tert-OH is 1. The Balaban J connectivity index is 2.78. The number of carbonyl (C=O) groups is 1. The van der Waals surface area contributed by atoms with Gasteiger partial charge in [-0.3, -0.25) is 4.90 Å². The van der Waals surface area contributed by atoms with Gasteiger partial charge in [-0.1, -0.05) is 12.2 Å². The van der Waals surface area contributed by atoms with Crippen molar-refractivity contribution in [2.75, 3.05) is 13.2 Å². The van der Waals surface area contributed by atoms with Gasteiger partial charge in [-0.25, -0.2) is 4.79 Å². The fraction of sp³-hybridized carbons (Fsp3) is 0.571. The highest BCUT2D eigenvalue weighted by atomic mass is 16.4. The first kappa shape index (κ1) is 8.07. The van der Waals surface area contributed by atoms with Gasteiger partial charge in [-0.15, -0.1) is 0 Å². The van der Waals surface area contributed by atoms with Crippen LogP contribution in [0.2, 0.25) is 0 Å². The van der Waals surface area contributed by atoms with Crippen molar-refractivity contribution in [1.82, 2.24) is 4.90 Å². The van der Waals surface area contributed by atoms with Gasteiger partial charge in [0.05, 0.1) is 12.1 Å². The predicted octanol–water partition coefficient (Wildman–Crippen LogP) is 0.287. The first-order valence-corrected chi connectivity index (χ1v) is 3.39. The van der Waals surface area contributed by atoms with E-state index in [2.05, 4.69) is 0 Å². The van der Waals surface area contributed by atoms with Crippen LogP contribution < -0.4 is 0 Å². The van der Waals surface area contributed by atoms with E-state index in [1.807, 2.05) is 0 Å². The van der Waals surface area contributed by atoms with E-state index in [0.29, 0.717) is 6.54 Å². The lowest BCUT2D eigenvalue weighted by atomic mass is 10.1. The molecule has 0 spiro atoms. The SMILES string of the molecule is C[C@]1(CO)C=CCN1C(=O)O. The second kappa shape index (κ2) is 2.54. The molecule has 11 heavy (non-hydrogen) atoms. The van der Waals surface area contributed by atoms with Crippen LogP contribution in [0.4, 0.5) is 4.79 Å². The van der Waals surface area contributed by atoms with Crippen LogP contribution >= 0.6 is 0 Å². The molecule has 0 aromatic heterocycles. The molecule has 2 N–H and O–H groups in total. The monoisotopic (exact) mass is 157 g/mol. The van der Waals surface area contributed by atoms with Crippen molar-refractivity contribution in [3.05, 3.63) is 12.2 Å². The molecule has 62 valence electrons. The standard InChI is InChI=1S/C7H11NO3/c1-7(5-9)3-2-4-8(7)6(10)11/h2-3,9H,4-5H2,1H3,(H,10,11)/t7-/m1/s1. The predicted molar refractivity (Wildman–Crippen MR) is 39.4 cm³/mol. The number of carboxylic acid groups (broad SMARTS) is 1. The molecule has 0 unspecified atom stereocenters. The fourth-order valence-corrected chi connectivity index (χ4v) is 1.15. The molecular weight excluding hydrogens is 146 g/mol. The minimum absolute atomic E-state index is 0.171. The fourth-order valence-electron chi connectivity index (χ4n) is 1.15. The number of rotatable bonds is 1. The smallest absolute Gasteiger partial charge is 0.408 e. The molecule has 0 bridgehead atoms. The van der Waals surface area contributed by atoms with Gasteiger partial charge in [0.25, 0.3) is 0 Å². The highest BCUT2D eigenvalue weighted by molar-refractivity contribution is 5.67. The van der Waals surface area contributed by atoms with Gasteiger partial charge < -0.3 is 10.2 Å². The summed E-state index contributed by atoms with van der Waals surface area (Å²) in [7, 11) is 0. The maximum absolute atomic E-state index is 10.6. The topological polar surface area (TPSA) is 60.8 Å². The van der Waals surface area contributed by atoms with E-state index in [1.165, 1.54) is 4.90 Å². The summed E-state index contributed by atoms with van der Waals surface area (Å²) in [6, 6.07) is 0. The molecule has 1 heterocycles. The largest absolute Gasteiger partial charge is 0.465 e. The molecule has 0 aliphatic carbocycles. The molecule has 0 saturated carbocycles. The van der Waals surface area contributed by atoms with Crippen LogP contribution in [0.25, 0.3) is 0 Å². The molecule has 1 aliphatic rings. The molecule has 0 radical (unpaired) electrons. The Bertz CT molecular complexity index is 202. The van der Waals surface area contributed by atoms with E-state index in [9.17, 15) is 4.79 Å². The van der Waals surface area contributed by atoms with E-state index in [4.69, 9.17) is 10.2 Å². The Kier molecular flexibility index (Phi) is 1.87. The van der Waals surface area contributed by atoms with E-state index in [1.54, 1.807) is 19.1 Å². The average molecular weight is 157 g/mol. The van der Waals surface area contributed by atoms with Crippen molar-refractivity contribution in [3.63, 3.8) is 0 Å². The maximum Gasteiger partial charge on any atom is 0.408 e. The minimum atomic E-state index is -0.994. The van der Waals surface area contributed by atoms with Crippen molar-refractivity contribution in [2.24, 2.45) is 0 Å². The highest BCUT2D eigenvalue weighted by Crippen LogP contribution is 2.21. The molecular formula is C7H11NO3. The van der Waals surface area contributed by atoms with Crippen molar-refractivity contribution < 1.29 is 15.0 Å². The van der Waals surface area contributed by atoms with Crippen LogP contribution in [-0.4, -0.2) is 39.9 Å². The van der Waals surface area contributed by atoms with E-state index in [-0.39, 0.29) is 6.61 Å². The van der Waals surface area contributed by atoms with Crippen molar-refractivity contribution >= 4 is 6.09 Å². The third-order valence-electron chi connectivity index (χ3n) is 1.93. The van der Waals surface area contributed by atoms with Crippen LogP contribution in [0, 0.1) is 0 Å². The van der Waals surface area contributed by atoms with Gasteiger partial charge in [0.1, 0.15) is 0 Å². The molecule has 0 saturated heterocycles. The second-order valence-corrected chi connectivity index (χ2v) is 2.81. The Morgan fingerprint density at radius 3 is 2.82 bits per heavy atom. The van der Waals surface area contributed by atoms with Gasteiger partial charge in [0.2, 0.25) is 0 Å². The number of hydrogen-bond donors (Lipinski definition) is 2. The molecule has 4 nitrogen and oxygen atoms in total. The third kappa shape index (κ3) is 1.21. The Morgan fingerprint density at radius 1 is 1.82 bits per heavy atom. The van der Waals surface area contributed by atoms with Crippen LogP contribution in [0.3, 0.4) is 0 Å². The van der Waals surface area contributed by atoms with Gasteiger partial charge in [-0.05, 0) is 6.92 Å². The lowest BCUT2D eigenvalue weighted by Crippen LogP contribution is -2.47. The normalized spacial score (nSPS) is 29.5. The summed E-state index contributed by atoms with van der Waals surface area (Å²) in [6.07, 6.45) is 2.46. The summed E-state index contributed by atoms with van der Waals surface area (Å²) in [5.74, 6) is 0. The van der Waals surface area contributed by atoms with Crippen LogP contribution in [0.15, 0.2) is 12.2 Å². The number of aliphatic hydroxyl groups is 1. The van der Waals surface area contributed by atoms with E-state index >= 15 is 0 Å². The summed E-state index contributed by atoms with van der Waals surface area (Å²) in [5.41, 5.74) is -0.716. The second-order valence-electron chi connectivity index (χ2n) is 2.81. The lowest BCUT2D eigenvalue weighted by Gasteiger charge is -2.30. The van der Waals surface area contributed by atoms with E-state index in [0.717, 1.165) is 0 Å². The van der Waals surface area contributed by atoms with Gasteiger partial charge in [-0.2, -0.15) is 0 Å². The number of hydrogen-bond acceptors (Lipinski definition) is 2. The molecule has 0 aromatic carbocycles. The Hall–Kier alpha value is -1.03. The zero-order valence-corrected chi connectivity index (χ0v) is 6.32. The summed E-state index contributed by atoms with van der Waals surface area (Å²) in [5, 5.41) is 17.5. The third-order valence-corrected chi connectivity index (χ3v) is 1.93. The number of amides is 1. The van der Waals surface area contributed by atoms with Crippen molar-refractivity contribution in [3.8, 4) is 0 Å². The Labute approximate surface area is 64.7 Å².